The van der Waals surface area contributed by atoms with Gasteiger partial charge in [-0.3, -0.25) is 0 Å². The molecule has 30 heavy (non-hydrogen) atoms. The lowest BCUT2D eigenvalue weighted by molar-refractivity contribution is 0.372. The molecule has 8 heteroatoms. The van der Waals surface area contributed by atoms with E-state index in [2.05, 4.69) is 57.6 Å². The number of imidazole rings is 1. The summed E-state index contributed by atoms with van der Waals surface area (Å²) in [5.74, 6) is 3.07. The molecule has 0 aliphatic carbocycles. The molecule has 0 spiro atoms. The Balaban J connectivity index is 0.00000320. The van der Waals surface area contributed by atoms with Crippen LogP contribution in [0.4, 0.5) is 0 Å². The van der Waals surface area contributed by atoms with Crippen LogP contribution in [-0.2, 0) is 13.0 Å². The van der Waals surface area contributed by atoms with Crippen LogP contribution in [0.5, 0.6) is 0 Å². The fourth-order valence-corrected chi connectivity index (χ4v) is 3.39. The van der Waals surface area contributed by atoms with Crippen LogP contribution in [0.2, 0.25) is 0 Å². The Morgan fingerprint density at radius 2 is 1.97 bits per heavy atom. The Morgan fingerprint density at radius 1 is 1.17 bits per heavy atom. The molecule has 2 heterocycles. The molecule has 3 rings (SSSR count). The maximum Gasteiger partial charge on any atom is 0.191 e. The molecule has 0 atom stereocenters. The molecule has 0 aliphatic rings. The molecule has 0 saturated carbocycles. The number of para-hydroxylation sites is 2. The highest BCUT2D eigenvalue weighted by molar-refractivity contribution is 14.0. The molecule has 7 nitrogen and oxygen atoms in total. The molecule has 3 N–H and O–H groups in total. The predicted molar refractivity (Wildman–Crippen MR) is 132 cm³/mol. The van der Waals surface area contributed by atoms with Crippen LogP contribution < -0.4 is 10.6 Å². The van der Waals surface area contributed by atoms with Gasteiger partial charge in [0.15, 0.2) is 11.7 Å². The number of aromatic amines is 1. The van der Waals surface area contributed by atoms with E-state index in [-0.39, 0.29) is 24.0 Å². The summed E-state index contributed by atoms with van der Waals surface area (Å²) in [5, 5.41) is 10.9. The molecular weight excluding hydrogens is 491 g/mol. The molecular formula is C22H33IN6O. The molecule has 0 amide bonds. The van der Waals surface area contributed by atoms with Gasteiger partial charge in [0.2, 0.25) is 0 Å². The van der Waals surface area contributed by atoms with Crippen molar-refractivity contribution in [2.75, 3.05) is 13.1 Å². The van der Waals surface area contributed by atoms with Crippen LogP contribution in [-0.4, -0.2) is 34.2 Å². The van der Waals surface area contributed by atoms with Gasteiger partial charge in [0.05, 0.1) is 16.7 Å². The van der Waals surface area contributed by atoms with Crippen molar-refractivity contribution in [2.24, 2.45) is 4.99 Å². The average molecular weight is 524 g/mol. The summed E-state index contributed by atoms with van der Waals surface area (Å²) >= 11 is 0. The third-order valence-electron chi connectivity index (χ3n) is 5.04. The maximum atomic E-state index is 5.47. The number of hydrogen-bond acceptors (Lipinski definition) is 4. The highest BCUT2D eigenvalue weighted by Gasteiger charge is 2.12. The quantitative estimate of drug-likeness (QED) is 0.154. The zero-order chi connectivity index (χ0) is 20.5. The first-order valence-corrected chi connectivity index (χ1v) is 10.6. The highest BCUT2D eigenvalue weighted by Crippen LogP contribution is 2.22. The minimum atomic E-state index is 0. The number of benzene rings is 1. The van der Waals surface area contributed by atoms with Crippen molar-refractivity contribution in [3.8, 4) is 0 Å². The Morgan fingerprint density at radius 3 is 2.70 bits per heavy atom. The molecule has 2 aromatic heterocycles. The second-order valence-corrected chi connectivity index (χ2v) is 7.16. The monoisotopic (exact) mass is 524 g/mol. The molecule has 3 aromatic rings. The summed E-state index contributed by atoms with van der Waals surface area (Å²) in [6, 6.07) is 10.1. The van der Waals surface area contributed by atoms with Gasteiger partial charge in [0.1, 0.15) is 12.4 Å². The number of hydrogen-bond donors (Lipinski definition) is 3. The number of aromatic nitrogens is 3. The largest absolute Gasteiger partial charge is 0.359 e. The topological polar surface area (TPSA) is 91.1 Å². The molecule has 0 bridgehead atoms. The Hall–Kier alpha value is -2.10. The van der Waals surface area contributed by atoms with Crippen LogP contribution in [0.15, 0.2) is 39.8 Å². The van der Waals surface area contributed by atoms with E-state index >= 15 is 0 Å². The van der Waals surface area contributed by atoms with Gasteiger partial charge in [-0.1, -0.05) is 31.1 Å². The second-order valence-electron chi connectivity index (χ2n) is 7.16. The summed E-state index contributed by atoms with van der Waals surface area (Å²) in [6.45, 7) is 8.53. The molecule has 0 radical (unpaired) electrons. The smallest absolute Gasteiger partial charge is 0.191 e. The van der Waals surface area contributed by atoms with Crippen molar-refractivity contribution < 1.29 is 4.52 Å². The van der Waals surface area contributed by atoms with Crippen LogP contribution in [0.3, 0.4) is 0 Å². The number of H-pyrrole nitrogens is 1. The summed E-state index contributed by atoms with van der Waals surface area (Å²) < 4.78 is 5.47. The summed E-state index contributed by atoms with van der Waals surface area (Å²) in [6.07, 6.45) is 4.00. The minimum absolute atomic E-state index is 0. The van der Waals surface area contributed by atoms with Gasteiger partial charge in [-0.05, 0) is 38.3 Å². The van der Waals surface area contributed by atoms with E-state index in [1.807, 2.05) is 24.3 Å². The van der Waals surface area contributed by atoms with Gasteiger partial charge < -0.3 is 20.1 Å². The first-order chi connectivity index (χ1) is 14.2. The summed E-state index contributed by atoms with van der Waals surface area (Å²) in [5.41, 5.74) is 3.14. The van der Waals surface area contributed by atoms with E-state index in [0.29, 0.717) is 12.5 Å². The van der Waals surface area contributed by atoms with Crippen molar-refractivity contribution in [3.05, 3.63) is 47.6 Å². The van der Waals surface area contributed by atoms with Crippen molar-refractivity contribution in [2.45, 2.75) is 58.9 Å². The molecule has 0 saturated heterocycles. The molecule has 164 valence electrons. The fourth-order valence-electron chi connectivity index (χ4n) is 3.39. The standard InChI is InChI=1S/C22H32N6O.HI/c1-4-16(5-2)20-14-17(29-28-20)15-25-22(23-6-3)24-13-9-12-21-26-18-10-7-8-11-19(18)27-21;/h7-8,10-11,14,16H,4-6,9,12-13,15H2,1-3H3,(H,26,27)(H2,23,24,25);1H. The van der Waals surface area contributed by atoms with Crippen molar-refractivity contribution in [1.29, 1.82) is 0 Å². The maximum absolute atomic E-state index is 5.47. The third-order valence-corrected chi connectivity index (χ3v) is 5.04. The third kappa shape index (κ3) is 6.72. The van der Waals surface area contributed by atoms with Crippen LogP contribution in [0.25, 0.3) is 11.0 Å². The number of fused-ring (bicyclic) bond motifs is 1. The predicted octanol–water partition coefficient (Wildman–Crippen LogP) is 4.76. The highest BCUT2D eigenvalue weighted by atomic mass is 127. The average Bonchev–Trinajstić information content (AvgIpc) is 3.37. The molecule has 1 aromatic carbocycles. The Labute approximate surface area is 195 Å². The SMILES string of the molecule is CCNC(=NCc1cc(C(CC)CC)no1)NCCCc1nc2ccccc2[nH]1.I. The van der Waals surface area contributed by atoms with E-state index in [1.165, 1.54) is 0 Å². The van der Waals surface area contributed by atoms with E-state index in [9.17, 15) is 0 Å². The van der Waals surface area contributed by atoms with Crippen molar-refractivity contribution >= 4 is 41.0 Å². The lowest BCUT2D eigenvalue weighted by atomic mass is 9.99. The van der Waals surface area contributed by atoms with Gasteiger partial charge in [0, 0.05) is 31.5 Å². The lowest BCUT2D eigenvalue weighted by Crippen LogP contribution is -2.37. The Bertz CT molecular complexity index is 882. The second kappa shape index (κ2) is 12.6. The molecule has 0 aliphatic heterocycles. The fraction of sp³-hybridized carbons (Fsp3) is 0.500. The van der Waals surface area contributed by atoms with Crippen LogP contribution in [0, 0.1) is 0 Å². The van der Waals surface area contributed by atoms with Gasteiger partial charge in [0.25, 0.3) is 0 Å². The van der Waals surface area contributed by atoms with Crippen molar-refractivity contribution in [1.82, 2.24) is 25.8 Å². The van der Waals surface area contributed by atoms with Crippen molar-refractivity contribution in [3.63, 3.8) is 0 Å². The van der Waals surface area contributed by atoms with Gasteiger partial charge in [-0.25, -0.2) is 9.98 Å². The first-order valence-electron chi connectivity index (χ1n) is 10.6. The normalized spacial score (nSPS) is 11.7. The molecule has 0 unspecified atom stereocenters. The number of rotatable bonds is 10. The number of aliphatic imine (C=N–C) groups is 1. The number of halogens is 1. The van der Waals surface area contributed by atoms with Gasteiger partial charge in [-0.15, -0.1) is 24.0 Å². The summed E-state index contributed by atoms with van der Waals surface area (Å²) in [7, 11) is 0. The number of nitrogens with one attached hydrogen (secondary N) is 3. The lowest BCUT2D eigenvalue weighted by Gasteiger charge is -2.10. The van der Waals surface area contributed by atoms with E-state index in [1.54, 1.807) is 0 Å². The summed E-state index contributed by atoms with van der Waals surface area (Å²) in [4.78, 5) is 12.6. The Kier molecular flexibility index (Phi) is 10.1. The van der Waals surface area contributed by atoms with Gasteiger partial charge in [-0.2, -0.15) is 0 Å². The minimum Gasteiger partial charge on any atom is -0.359 e. The van der Waals surface area contributed by atoms with Gasteiger partial charge >= 0.3 is 0 Å². The zero-order valence-corrected chi connectivity index (χ0v) is 20.4. The van der Waals surface area contributed by atoms with Crippen LogP contribution >= 0.6 is 24.0 Å². The number of guanidine groups is 1. The van der Waals surface area contributed by atoms with E-state index < -0.39 is 0 Å². The molecule has 0 fully saturated rings. The first kappa shape index (κ1) is 24.2. The van der Waals surface area contributed by atoms with E-state index in [4.69, 9.17) is 4.52 Å². The van der Waals surface area contributed by atoms with E-state index in [0.717, 1.165) is 73.0 Å². The number of nitrogens with zero attached hydrogens (tertiary/aromatic N) is 3. The van der Waals surface area contributed by atoms with Crippen LogP contribution in [0.1, 0.15) is 63.2 Å². The number of aryl methyl sites for hydroxylation is 1. The zero-order valence-electron chi connectivity index (χ0n) is 18.1.